The van der Waals surface area contributed by atoms with Gasteiger partial charge in [-0.05, 0) is 40.2 Å². The van der Waals surface area contributed by atoms with Crippen molar-refractivity contribution in [1.29, 1.82) is 0 Å². The molecule has 1 N–H and O–H groups in total. The molecule has 0 saturated carbocycles. The number of rotatable bonds is 6. The van der Waals surface area contributed by atoms with Crippen molar-refractivity contribution in [3.8, 4) is 5.75 Å². The van der Waals surface area contributed by atoms with E-state index in [1.807, 2.05) is 24.3 Å². The predicted molar refractivity (Wildman–Crippen MR) is 128 cm³/mol. The van der Waals surface area contributed by atoms with E-state index in [2.05, 4.69) is 42.2 Å². The molecule has 0 aliphatic rings. The number of amides is 1. The van der Waals surface area contributed by atoms with E-state index in [0.29, 0.717) is 32.6 Å². The quantitative estimate of drug-likeness (QED) is 0.305. The van der Waals surface area contributed by atoms with Gasteiger partial charge in [0.05, 0.1) is 10.2 Å². The minimum Gasteiger partial charge on any atom is -0.480 e. The van der Waals surface area contributed by atoms with Gasteiger partial charge in [-0.15, -0.1) is 0 Å². The largest absolute Gasteiger partial charge is 0.480 e. The molecule has 1 amide bonds. The molecule has 0 saturated heterocycles. The molecule has 0 aliphatic heterocycles. The maximum Gasteiger partial charge on any atom is 0.262 e. The van der Waals surface area contributed by atoms with Crippen LogP contribution in [0.25, 0.3) is 10.9 Å². The Labute approximate surface area is 195 Å². The molecule has 1 aromatic heterocycles. The second-order valence-electron chi connectivity index (χ2n) is 6.65. The standard InChI is InChI=1S/C24H16Br2N2O3/c25-18-13-19(26)24(22-16(18)10-6-12-27-22)31-14-21(29)28-20-11-5-4-9-17(20)23(30)15-7-2-1-3-8-15/h1-13H,14H2,(H,28,29). The lowest BCUT2D eigenvalue weighted by Gasteiger charge is -2.13. The van der Waals surface area contributed by atoms with Crippen LogP contribution in [0.2, 0.25) is 0 Å². The monoisotopic (exact) mass is 538 g/mol. The van der Waals surface area contributed by atoms with E-state index in [0.717, 1.165) is 9.86 Å². The molecule has 0 atom stereocenters. The average molecular weight is 540 g/mol. The van der Waals surface area contributed by atoms with Gasteiger partial charge in [-0.25, -0.2) is 0 Å². The van der Waals surface area contributed by atoms with Crippen LogP contribution in [0.5, 0.6) is 5.75 Å². The number of fused-ring (bicyclic) bond motifs is 1. The van der Waals surface area contributed by atoms with Crippen LogP contribution >= 0.6 is 31.9 Å². The molecule has 0 spiro atoms. The van der Waals surface area contributed by atoms with Crippen LogP contribution in [-0.2, 0) is 4.79 Å². The molecule has 0 unspecified atom stereocenters. The number of anilines is 1. The van der Waals surface area contributed by atoms with Gasteiger partial charge < -0.3 is 10.1 Å². The first-order valence-electron chi connectivity index (χ1n) is 9.39. The van der Waals surface area contributed by atoms with Crippen LogP contribution in [-0.4, -0.2) is 23.3 Å². The normalized spacial score (nSPS) is 10.6. The summed E-state index contributed by atoms with van der Waals surface area (Å²) >= 11 is 6.98. The Hall–Kier alpha value is -3.03. The number of ether oxygens (including phenoxy) is 1. The lowest BCUT2D eigenvalue weighted by Crippen LogP contribution is -2.22. The van der Waals surface area contributed by atoms with Crippen LogP contribution in [0.15, 0.2) is 87.9 Å². The number of para-hydroxylation sites is 1. The number of benzene rings is 3. The zero-order chi connectivity index (χ0) is 21.8. The van der Waals surface area contributed by atoms with E-state index < -0.39 is 0 Å². The van der Waals surface area contributed by atoms with Crippen molar-refractivity contribution in [2.45, 2.75) is 0 Å². The first-order chi connectivity index (χ1) is 15.0. The lowest BCUT2D eigenvalue weighted by molar-refractivity contribution is -0.118. The summed E-state index contributed by atoms with van der Waals surface area (Å²) in [5, 5.41) is 3.66. The van der Waals surface area contributed by atoms with E-state index in [4.69, 9.17) is 4.74 Å². The SMILES string of the molecule is O=C(COc1c(Br)cc(Br)c2cccnc12)Nc1ccccc1C(=O)c1ccccc1. The number of ketones is 1. The fourth-order valence-electron chi connectivity index (χ4n) is 3.14. The highest BCUT2D eigenvalue weighted by Crippen LogP contribution is 2.37. The van der Waals surface area contributed by atoms with Gasteiger partial charge in [-0.1, -0.05) is 64.5 Å². The molecular weight excluding hydrogens is 524 g/mol. The van der Waals surface area contributed by atoms with Gasteiger partial charge in [0.15, 0.2) is 18.1 Å². The Morgan fingerprint density at radius 3 is 2.45 bits per heavy atom. The second kappa shape index (κ2) is 9.41. The highest BCUT2D eigenvalue weighted by atomic mass is 79.9. The number of carbonyl (C=O) groups excluding carboxylic acids is 2. The number of aromatic nitrogens is 1. The third kappa shape index (κ3) is 4.68. The summed E-state index contributed by atoms with van der Waals surface area (Å²) in [5.74, 6) is -0.0712. The van der Waals surface area contributed by atoms with Gasteiger partial charge >= 0.3 is 0 Å². The van der Waals surface area contributed by atoms with Crippen molar-refractivity contribution < 1.29 is 14.3 Å². The molecular formula is C24H16Br2N2O3. The number of hydrogen-bond donors (Lipinski definition) is 1. The van der Waals surface area contributed by atoms with Crippen LogP contribution < -0.4 is 10.1 Å². The van der Waals surface area contributed by atoms with Gasteiger partial charge in [-0.2, -0.15) is 0 Å². The van der Waals surface area contributed by atoms with Crippen molar-refractivity contribution in [2.75, 3.05) is 11.9 Å². The number of halogens is 2. The maximum absolute atomic E-state index is 12.8. The van der Waals surface area contributed by atoms with Gasteiger partial charge in [-0.3, -0.25) is 14.6 Å². The first kappa shape index (κ1) is 21.2. The van der Waals surface area contributed by atoms with Crippen LogP contribution in [0, 0.1) is 0 Å². The summed E-state index contributed by atoms with van der Waals surface area (Å²) in [6, 6.07) is 21.4. The van der Waals surface area contributed by atoms with Gasteiger partial charge in [0.2, 0.25) is 0 Å². The fourth-order valence-corrected chi connectivity index (χ4v) is 4.53. The summed E-state index contributed by atoms with van der Waals surface area (Å²) in [6.07, 6.45) is 1.67. The Bertz CT molecular complexity index is 1280. The third-order valence-corrected chi connectivity index (χ3v) is 5.82. The van der Waals surface area contributed by atoms with Gasteiger partial charge in [0, 0.05) is 27.2 Å². The van der Waals surface area contributed by atoms with E-state index in [-0.39, 0.29) is 18.3 Å². The molecule has 3 aromatic carbocycles. The smallest absolute Gasteiger partial charge is 0.262 e. The van der Waals surface area contributed by atoms with Crippen molar-refractivity contribution in [1.82, 2.24) is 4.98 Å². The molecule has 4 aromatic rings. The molecule has 31 heavy (non-hydrogen) atoms. The lowest BCUT2D eigenvalue weighted by atomic mass is 10.0. The molecule has 0 radical (unpaired) electrons. The fraction of sp³-hybridized carbons (Fsp3) is 0.0417. The minimum absolute atomic E-state index is 0.164. The van der Waals surface area contributed by atoms with Crippen LogP contribution in [0.3, 0.4) is 0 Å². The molecule has 7 heteroatoms. The summed E-state index contributed by atoms with van der Waals surface area (Å²) in [4.78, 5) is 29.8. The summed E-state index contributed by atoms with van der Waals surface area (Å²) < 4.78 is 7.34. The average Bonchev–Trinajstić information content (AvgIpc) is 2.79. The highest BCUT2D eigenvalue weighted by Gasteiger charge is 2.17. The van der Waals surface area contributed by atoms with Crippen LogP contribution in [0.4, 0.5) is 5.69 Å². The highest BCUT2D eigenvalue weighted by molar-refractivity contribution is 9.11. The zero-order valence-electron chi connectivity index (χ0n) is 16.1. The topological polar surface area (TPSA) is 68.3 Å². The minimum atomic E-state index is -0.382. The molecule has 0 fully saturated rings. The number of carbonyl (C=O) groups is 2. The number of nitrogens with zero attached hydrogens (tertiary/aromatic N) is 1. The number of nitrogens with one attached hydrogen (secondary N) is 1. The van der Waals surface area contributed by atoms with Crippen molar-refractivity contribution >= 4 is 60.1 Å². The summed E-state index contributed by atoms with van der Waals surface area (Å²) in [7, 11) is 0. The molecule has 1 heterocycles. The molecule has 5 nitrogen and oxygen atoms in total. The summed E-state index contributed by atoms with van der Waals surface area (Å²) in [6.45, 7) is -0.236. The Morgan fingerprint density at radius 2 is 1.65 bits per heavy atom. The van der Waals surface area contributed by atoms with Crippen molar-refractivity contribution in [3.05, 3.63) is 99.1 Å². The number of hydrogen-bond acceptors (Lipinski definition) is 4. The van der Waals surface area contributed by atoms with E-state index in [1.54, 1.807) is 54.7 Å². The molecule has 0 bridgehead atoms. The second-order valence-corrected chi connectivity index (χ2v) is 8.36. The Balaban J connectivity index is 1.52. The third-order valence-electron chi connectivity index (χ3n) is 4.58. The van der Waals surface area contributed by atoms with Gasteiger partial charge in [0.25, 0.3) is 5.91 Å². The predicted octanol–water partition coefficient (Wildman–Crippen LogP) is 6.01. The zero-order valence-corrected chi connectivity index (χ0v) is 19.3. The van der Waals surface area contributed by atoms with Crippen LogP contribution in [0.1, 0.15) is 15.9 Å². The Kier molecular flexibility index (Phi) is 6.44. The summed E-state index contributed by atoms with van der Waals surface area (Å²) in [5.41, 5.74) is 2.04. The molecule has 0 aliphatic carbocycles. The molecule has 4 rings (SSSR count). The molecule has 154 valence electrons. The Morgan fingerprint density at radius 1 is 0.903 bits per heavy atom. The van der Waals surface area contributed by atoms with Crippen molar-refractivity contribution in [3.63, 3.8) is 0 Å². The van der Waals surface area contributed by atoms with E-state index in [9.17, 15) is 9.59 Å². The van der Waals surface area contributed by atoms with Crippen molar-refractivity contribution in [2.24, 2.45) is 0 Å². The van der Waals surface area contributed by atoms with E-state index in [1.165, 1.54) is 0 Å². The first-order valence-corrected chi connectivity index (χ1v) is 11.0. The van der Waals surface area contributed by atoms with E-state index >= 15 is 0 Å². The number of pyridine rings is 1. The van der Waals surface area contributed by atoms with Gasteiger partial charge in [0.1, 0.15) is 5.52 Å². The maximum atomic E-state index is 12.8.